The van der Waals surface area contributed by atoms with Crippen LogP contribution in [0.25, 0.3) is 120 Å². The number of anilines is 6. The molecule has 0 saturated carbocycles. The van der Waals surface area contributed by atoms with Gasteiger partial charge in [0.25, 0.3) is 0 Å². The summed E-state index contributed by atoms with van der Waals surface area (Å²) in [6, 6.07) is 81.2. The summed E-state index contributed by atoms with van der Waals surface area (Å²) in [4.78, 5) is 4.64. The fourth-order valence-electron chi connectivity index (χ4n) is 11.6. The lowest BCUT2D eigenvalue weighted by Gasteiger charge is -2.26. The maximum Gasteiger partial charge on any atom is 0.137 e. The molecule has 0 unspecified atom stereocenters. The predicted molar refractivity (Wildman–Crippen MR) is 297 cm³/mol. The van der Waals surface area contributed by atoms with Crippen molar-refractivity contribution in [1.29, 1.82) is 0 Å². The molecule has 12 aromatic carbocycles. The van der Waals surface area contributed by atoms with E-state index in [0.29, 0.717) is 0 Å². The van der Waals surface area contributed by atoms with Crippen molar-refractivity contribution in [3.05, 3.63) is 231 Å². The van der Waals surface area contributed by atoms with Crippen molar-refractivity contribution in [1.82, 2.24) is 0 Å². The summed E-state index contributed by atoms with van der Waals surface area (Å²) < 4.78 is 27.0. The van der Waals surface area contributed by atoms with E-state index >= 15 is 0 Å². The highest BCUT2D eigenvalue weighted by Gasteiger charge is 2.25. The van der Waals surface area contributed by atoms with Crippen molar-refractivity contribution < 1.29 is 17.7 Å². The van der Waals surface area contributed by atoms with Crippen LogP contribution in [-0.2, 0) is 0 Å². The van der Waals surface area contributed by atoms with Crippen LogP contribution in [0.3, 0.4) is 0 Å². The molecule has 0 aliphatic carbocycles. The quantitative estimate of drug-likeness (QED) is 0.166. The summed E-state index contributed by atoms with van der Waals surface area (Å²) >= 11 is 0. The van der Waals surface area contributed by atoms with Crippen LogP contribution in [0.2, 0.25) is 0 Å². The molecular formula is C66H38N2O4. The van der Waals surface area contributed by atoms with Gasteiger partial charge in [0.2, 0.25) is 0 Å². The van der Waals surface area contributed by atoms with Crippen molar-refractivity contribution >= 4 is 154 Å². The first kappa shape index (κ1) is 39.1. The number of hydrogen-bond donors (Lipinski definition) is 0. The van der Waals surface area contributed by atoms with Crippen LogP contribution in [-0.4, -0.2) is 0 Å². The van der Waals surface area contributed by atoms with Crippen molar-refractivity contribution in [2.75, 3.05) is 9.80 Å². The summed E-state index contributed by atoms with van der Waals surface area (Å²) in [6.45, 7) is 0. The Balaban J connectivity index is 0.914. The van der Waals surface area contributed by atoms with Gasteiger partial charge in [-0.1, -0.05) is 97.1 Å². The SMILES string of the molecule is c1ccc(N(c2ccc3c(c2)oc2cc4ccccc4cc23)c2cccc3oc4ccc5c(ccc6oc7cccc(N(c8ccccc8)c8ccc9c(c8)oc8cc%10ccccc%10cc89)c7c65)c4c23)cc1. The molecule has 0 aliphatic rings. The van der Waals surface area contributed by atoms with E-state index in [4.69, 9.17) is 17.7 Å². The molecule has 16 rings (SSSR count). The molecule has 16 aromatic rings. The molecule has 0 fully saturated rings. The Kier molecular flexibility index (Phi) is 8.07. The first-order valence-corrected chi connectivity index (χ1v) is 24.3. The Bertz CT molecular complexity index is 4580. The molecule has 72 heavy (non-hydrogen) atoms. The molecule has 0 N–H and O–H groups in total. The maximum absolute atomic E-state index is 6.82. The monoisotopic (exact) mass is 922 g/mol. The second-order valence-electron chi connectivity index (χ2n) is 18.8. The van der Waals surface area contributed by atoms with E-state index in [9.17, 15) is 0 Å². The van der Waals surface area contributed by atoms with Gasteiger partial charge in [-0.05, 0) is 154 Å². The second-order valence-corrected chi connectivity index (χ2v) is 18.8. The zero-order chi connectivity index (χ0) is 47.0. The standard InChI is InChI=1S/C66H38N2O4/c1-3-17-43(18-4-1)67(45-25-27-47-51-33-39-13-7-9-15-41(39)35-59(51)71-61(47)37-45)53-21-11-23-55-65(53)63-49-29-32-58-64(50(49)30-31-57(63)69-55)66-54(22-12-24-56(66)70-58)68(44-19-5-2-6-20-44)46-26-28-48-52-34-40-14-8-10-16-42(40)36-60(52)72-62(48)38-46/h1-38H. The normalized spacial score (nSPS) is 12.2. The predicted octanol–water partition coefficient (Wildman–Crippen LogP) is 19.7. The zero-order valence-corrected chi connectivity index (χ0v) is 38.5. The van der Waals surface area contributed by atoms with Crippen molar-refractivity contribution in [3.8, 4) is 0 Å². The molecule has 6 heteroatoms. The highest BCUT2D eigenvalue weighted by Crippen LogP contribution is 2.50. The van der Waals surface area contributed by atoms with Gasteiger partial charge in [-0.25, -0.2) is 0 Å². The van der Waals surface area contributed by atoms with Crippen LogP contribution in [0.5, 0.6) is 0 Å². The van der Waals surface area contributed by atoms with Crippen LogP contribution >= 0.6 is 0 Å². The number of fused-ring (bicyclic) bond motifs is 17. The fraction of sp³-hybridized carbons (Fsp3) is 0. The van der Waals surface area contributed by atoms with Gasteiger partial charge in [-0.15, -0.1) is 0 Å². The molecule has 0 saturated heterocycles. The van der Waals surface area contributed by atoms with Crippen LogP contribution in [0.4, 0.5) is 34.1 Å². The Morgan fingerprint density at radius 3 is 1.01 bits per heavy atom. The number of nitrogens with zero attached hydrogens (tertiary/aromatic N) is 2. The van der Waals surface area contributed by atoms with Crippen LogP contribution in [0.15, 0.2) is 248 Å². The lowest BCUT2D eigenvalue weighted by atomic mass is 9.97. The van der Waals surface area contributed by atoms with Crippen LogP contribution in [0, 0.1) is 0 Å². The van der Waals surface area contributed by atoms with E-state index in [2.05, 4.69) is 240 Å². The minimum absolute atomic E-state index is 0.801. The average molecular weight is 923 g/mol. The minimum Gasteiger partial charge on any atom is -0.456 e. The molecule has 0 radical (unpaired) electrons. The molecule has 0 bridgehead atoms. The van der Waals surface area contributed by atoms with E-state index < -0.39 is 0 Å². The van der Waals surface area contributed by atoms with E-state index in [0.717, 1.165) is 143 Å². The topological polar surface area (TPSA) is 59.0 Å². The van der Waals surface area contributed by atoms with Gasteiger partial charge in [-0.2, -0.15) is 0 Å². The van der Waals surface area contributed by atoms with Gasteiger partial charge in [-0.3, -0.25) is 0 Å². The highest BCUT2D eigenvalue weighted by molar-refractivity contribution is 6.31. The van der Waals surface area contributed by atoms with Gasteiger partial charge in [0.15, 0.2) is 0 Å². The number of hydrogen-bond acceptors (Lipinski definition) is 6. The smallest absolute Gasteiger partial charge is 0.137 e. The van der Waals surface area contributed by atoms with Crippen molar-refractivity contribution in [2.24, 2.45) is 0 Å². The van der Waals surface area contributed by atoms with Gasteiger partial charge in [0.1, 0.15) is 44.7 Å². The lowest BCUT2D eigenvalue weighted by Crippen LogP contribution is -2.10. The van der Waals surface area contributed by atoms with Crippen molar-refractivity contribution in [3.63, 3.8) is 0 Å². The molecule has 0 aliphatic heterocycles. The summed E-state index contributed by atoms with van der Waals surface area (Å²) in [5.74, 6) is 0. The Morgan fingerprint density at radius 1 is 0.208 bits per heavy atom. The molecule has 4 aromatic heterocycles. The number of benzene rings is 12. The number of rotatable bonds is 6. The summed E-state index contributed by atoms with van der Waals surface area (Å²) in [5.41, 5.74) is 12.6. The molecule has 6 nitrogen and oxygen atoms in total. The minimum atomic E-state index is 0.801. The number of para-hydroxylation sites is 2. The van der Waals surface area contributed by atoms with Crippen LogP contribution < -0.4 is 9.80 Å². The third-order valence-corrected chi connectivity index (χ3v) is 14.7. The first-order valence-electron chi connectivity index (χ1n) is 24.3. The van der Waals surface area contributed by atoms with E-state index in [1.807, 2.05) is 0 Å². The number of furan rings is 4. The van der Waals surface area contributed by atoms with Gasteiger partial charge in [0, 0.05) is 67.2 Å². The third-order valence-electron chi connectivity index (χ3n) is 14.7. The summed E-state index contributed by atoms with van der Waals surface area (Å²) in [7, 11) is 0. The zero-order valence-electron chi connectivity index (χ0n) is 38.5. The summed E-state index contributed by atoms with van der Waals surface area (Å²) in [5, 5.41) is 15.3. The Labute approximate surface area is 410 Å². The van der Waals surface area contributed by atoms with Gasteiger partial charge < -0.3 is 27.5 Å². The molecule has 336 valence electrons. The molecule has 4 heterocycles. The Morgan fingerprint density at radius 2 is 0.569 bits per heavy atom. The average Bonchev–Trinajstić information content (AvgIpc) is 4.20. The first-order chi connectivity index (χ1) is 35.7. The highest BCUT2D eigenvalue weighted by atomic mass is 16.3. The van der Waals surface area contributed by atoms with Gasteiger partial charge >= 0.3 is 0 Å². The largest absolute Gasteiger partial charge is 0.456 e. The van der Waals surface area contributed by atoms with Crippen molar-refractivity contribution in [2.45, 2.75) is 0 Å². The molecular weight excluding hydrogens is 885 g/mol. The fourth-order valence-corrected chi connectivity index (χ4v) is 11.6. The third kappa shape index (κ3) is 5.72. The van der Waals surface area contributed by atoms with Crippen LogP contribution in [0.1, 0.15) is 0 Å². The van der Waals surface area contributed by atoms with Gasteiger partial charge in [0.05, 0.1) is 22.1 Å². The molecule has 0 spiro atoms. The molecule has 0 amide bonds. The Hall–Kier alpha value is -9.78. The maximum atomic E-state index is 6.82. The summed E-state index contributed by atoms with van der Waals surface area (Å²) in [6.07, 6.45) is 0. The lowest BCUT2D eigenvalue weighted by molar-refractivity contribution is 0.668. The second kappa shape index (κ2) is 14.9. The van der Waals surface area contributed by atoms with E-state index in [-0.39, 0.29) is 0 Å². The van der Waals surface area contributed by atoms with E-state index in [1.54, 1.807) is 0 Å². The van der Waals surface area contributed by atoms with E-state index in [1.165, 1.54) is 10.8 Å². The molecule has 0 atom stereocenters.